The number of carbonyl (C=O) groups is 1. The van der Waals surface area contributed by atoms with Crippen LogP contribution < -0.4 is 20.1 Å². The molecule has 140 valence electrons. The number of ether oxygens (including phenoxy) is 3. The fourth-order valence-electron chi connectivity index (χ4n) is 3.61. The maximum atomic E-state index is 12.3. The number of fused-ring (bicyclic) bond motifs is 2. The van der Waals surface area contributed by atoms with Crippen molar-refractivity contribution < 1.29 is 19.0 Å². The maximum absolute atomic E-state index is 12.3. The molecule has 27 heavy (non-hydrogen) atoms. The van der Waals surface area contributed by atoms with Crippen molar-refractivity contribution in [3.63, 3.8) is 0 Å². The standard InChI is InChI=1S/C19H20N4O4/c24-19-17-13(3-5-20-19)18(21-12-4-6-25-9-12)23-16(22-17)8-11-1-2-14-15(7-11)27-10-26-14/h1-2,7,12H,3-6,8-10H2,(H,20,24)(H,21,22,23). The Morgan fingerprint density at radius 1 is 1.22 bits per heavy atom. The lowest BCUT2D eigenvalue weighted by Crippen LogP contribution is -2.35. The van der Waals surface area contributed by atoms with E-state index in [-0.39, 0.29) is 18.7 Å². The number of anilines is 1. The van der Waals surface area contributed by atoms with Crippen LogP contribution in [0.25, 0.3) is 0 Å². The van der Waals surface area contributed by atoms with Crippen LogP contribution in [0.4, 0.5) is 5.82 Å². The van der Waals surface area contributed by atoms with E-state index in [0.717, 1.165) is 47.9 Å². The normalized spacial score (nSPS) is 20.3. The molecule has 1 aromatic carbocycles. The van der Waals surface area contributed by atoms with E-state index in [2.05, 4.69) is 15.6 Å². The molecule has 1 unspecified atom stereocenters. The highest BCUT2D eigenvalue weighted by Crippen LogP contribution is 2.33. The fraction of sp³-hybridized carbons (Fsp3) is 0.421. The van der Waals surface area contributed by atoms with Gasteiger partial charge in [-0.15, -0.1) is 0 Å². The van der Waals surface area contributed by atoms with Crippen molar-refractivity contribution in [3.8, 4) is 11.5 Å². The van der Waals surface area contributed by atoms with Crippen LogP contribution in [0.5, 0.6) is 11.5 Å². The Morgan fingerprint density at radius 3 is 3.04 bits per heavy atom. The minimum atomic E-state index is -0.142. The van der Waals surface area contributed by atoms with E-state index in [4.69, 9.17) is 19.2 Å². The van der Waals surface area contributed by atoms with Crippen LogP contribution in [0.15, 0.2) is 18.2 Å². The summed E-state index contributed by atoms with van der Waals surface area (Å²) in [4.78, 5) is 21.6. The molecule has 8 nitrogen and oxygen atoms in total. The van der Waals surface area contributed by atoms with Crippen molar-refractivity contribution in [2.75, 3.05) is 31.9 Å². The van der Waals surface area contributed by atoms with Gasteiger partial charge < -0.3 is 24.8 Å². The van der Waals surface area contributed by atoms with Crippen molar-refractivity contribution in [1.82, 2.24) is 15.3 Å². The molecule has 0 saturated carbocycles. The van der Waals surface area contributed by atoms with Crippen molar-refractivity contribution in [2.45, 2.75) is 25.3 Å². The van der Waals surface area contributed by atoms with Gasteiger partial charge in [0.2, 0.25) is 6.79 Å². The molecule has 3 aliphatic rings. The summed E-state index contributed by atoms with van der Waals surface area (Å²) in [6, 6.07) is 6.00. The summed E-state index contributed by atoms with van der Waals surface area (Å²) in [6.07, 6.45) is 2.16. The van der Waals surface area contributed by atoms with Crippen LogP contribution in [-0.2, 0) is 17.6 Å². The van der Waals surface area contributed by atoms with Crippen LogP contribution >= 0.6 is 0 Å². The SMILES string of the molecule is O=C1NCCc2c(NC3CCOC3)nc(Cc3ccc4c(c3)OCO4)nc21. The largest absolute Gasteiger partial charge is 0.454 e. The first-order chi connectivity index (χ1) is 13.3. The van der Waals surface area contributed by atoms with Crippen LogP contribution in [0.1, 0.15) is 33.9 Å². The van der Waals surface area contributed by atoms with Gasteiger partial charge >= 0.3 is 0 Å². The van der Waals surface area contributed by atoms with Crippen molar-refractivity contribution >= 4 is 11.7 Å². The van der Waals surface area contributed by atoms with Gasteiger partial charge in [-0.05, 0) is 30.5 Å². The molecule has 1 fully saturated rings. The predicted octanol–water partition coefficient (Wildman–Crippen LogP) is 1.28. The zero-order chi connectivity index (χ0) is 18.2. The first-order valence-corrected chi connectivity index (χ1v) is 9.17. The zero-order valence-electron chi connectivity index (χ0n) is 14.8. The minimum Gasteiger partial charge on any atom is -0.454 e. The number of hydrogen-bond acceptors (Lipinski definition) is 7. The molecule has 2 aromatic rings. The zero-order valence-corrected chi connectivity index (χ0v) is 14.8. The minimum absolute atomic E-state index is 0.142. The number of rotatable bonds is 4. The summed E-state index contributed by atoms with van der Waals surface area (Å²) in [5.74, 6) is 2.68. The lowest BCUT2D eigenvalue weighted by atomic mass is 10.0. The molecule has 1 atom stereocenters. The average Bonchev–Trinajstić information content (AvgIpc) is 3.34. The van der Waals surface area contributed by atoms with E-state index in [1.807, 2.05) is 18.2 Å². The van der Waals surface area contributed by atoms with Crippen molar-refractivity contribution in [1.29, 1.82) is 0 Å². The number of amides is 1. The van der Waals surface area contributed by atoms with E-state index < -0.39 is 0 Å². The van der Waals surface area contributed by atoms with Gasteiger partial charge in [0.25, 0.3) is 5.91 Å². The second kappa shape index (κ2) is 6.70. The van der Waals surface area contributed by atoms with Crippen LogP contribution in [0, 0.1) is 0 Å². The Kier molecular flexibility index (Phi) is 4.05. The molecule has 1 aromatic heterocycles. The molecule has 8 heteroatoms. The number of hydrogen-bond donors (Lipinski definition) is 2. The summed E-state index contributed by atoms with van der Waals surface area (Å²) in [6.45, 7) is 2.25. The van der Waals surface area contributed by atoms with E-state index in [0.29, 0.717) is 31.1 Å². The highest BCUT2D eigenvalue weighted by atomic mass is 16.7. The molecule has 2 N–H and O–H groups in total. The van der Waals surface area contributed by atoms with Gasteiger partial charge in [0.1, 0.15) is 17.3 Å². The second-order valence-electron chi connectivity index (χ2n) is 6.89. The summed E-state index contributed by atoms with van der Waals surface area (Å²) in [5, 5.41) is 6.32. The Bertz CT molecular complexity index is 896. The Morgan fingerprint density at radius 2 is 2.15 bits per heavy atom. The Balaban J connectivity index is 1.48. The van der Waals surface area contributed by atoms with Crippen LogP contribution in [0.3, 0.4) is 0 Å². The van der Waals surface area contributed by atoms with Crippen molar-refractivity contribution in [3.05, 3.63) is 40.8 Å². The topological polar surface area (TPSA) is 94.6 Å². The molecule has 0 spiro atoms. The molecule has 0 radical (unpaired) electrons. The number of benzene rings is 1. The van der Waals surface area contributed by atoms with Gasteiger partial charge in [0.15, 0.2) is 11.5 Å². The van der Waals surface area contributed by atoms with Gasteiger partial charge in [-0.1, -0.05) is 6.07 Å². The number of aromatic nitrogens is 2. The molecule has 1 saturated heterocycles. The van der Waals surface area contributed by atoms with Gasteiger partial charge in [-0.2, -0.15) is 0 Å². The summed E-state index contributed by atoms with van der Waals surface area (Å²) < 4.78 is 16.3. The second-order valence-corrected chi connectivity index (χ2v) is 6.89. The molecular weight excluding hydrogens is 348 g/mol. The number of carbonyl (C=O) groups excluding carboxylic acids is 1. The average molecular weight is 368 g/mol. The highest BCUT2D eigenvalue weighted by molar-refractivity contribution is 5.96. The van der Waals surface area contributed by atoms with Crippen LogP contribution in [0.2, 0.25) is 0 Å². The molecule has 1 amide bonds. The molecular formula is C19H20N4O4. The third-order valence-electron chi connectivity index (χ3n) is 5.00. The first-order valence-electron chi connectivity index (χ1n) is 9.17. The Hall–Kier alpha value is -2.87. The van der Waals surface area contributed by atoms with Gasteiger partial charge in [-0.25, -0.2) is 9.97 Å². The number of nitrogens with zero attached hydrogens (tertiary/aromatic N) is 2. The summed E-state index contributed by atoms with van der Waals surface area (Å²) in [7, 11) is 0. The molecule has 0 aliphatic carbocycles. The number of nitrogens with one attached hydrogen (secondary N) is 2. The summed E-state index contributed by atoms with van der Waals surface area (Å²) >= 11 is 0. The van der Waals surface area contributed by atoms with E-state index >= 15 is 0 Å². The molecule has 4 heterocycles. The predicted molar refractivity (Wildman–Crippen MR) is 96.3 cm³/mol. The maximum Gasteiger partial charge on any atom is 0.270 e. The third-order valence-corrected chi connectivity index (χ3v) is 5.00. The van der Waals surface area contributed by atoms with Crippen molar-refractivity contribution in [2.24, 2.45) is 0 Å². The lowest BCUT2D eigenvalue weighted by molar-refractivity contribution is 0.0940. The monoisotopic (exact) mass is 368 g/mol. The van der Waals surface area contributed by atoms with E-state index in [1.54, 1.807) is 0 Å². The van der Waals surface area contributed by atoms with Gasteiger partial charge in [0.05, 0.1) is 12.6 Å². The van der Waals surface area contributed by atoms with E-state index in [9.17, 15) is 4.79 Å². The molecule has 3 aliphatic heterocycles. The van der Waals surface area contributed by atoms with Gasteiger partial charge in [0, 0.05) is 25.1 Å². The highest BCUT2D eigenvalue weighted by Gasteiger charge is 2.26. The lowest BCUT2D eigenvalue weighted by Gasteiger charge is -2.22. The summed E-state index contributed by atoms with van der Waals surface area (Å²) in [5.41, 5.74) is 2.36. The first kappa shape index (κ1) is 16.3. The van der Waals surface area contributed by atoms with Crippen LogP contribution in [-0.4, -0.2) is 48.5 Å². The van der Waals surface area contributed by atoms with Gasteiger partial charge in [-0.3, -0.25) is 4.79 Å². The molecule has 5 rings (SSSR count). The fourth-order valence-corrected chi connectivity index (χ4v) is 3.61. The Labute approximate surface area is 156 Å². The third kappa shape index (κ3) is 3.16. The molecule has 0 bridgehead atoms. The smallest absolute Gasteiger partial charge is 0.270 e. The quantitative estimate of drug-likeness (QED) is 0.839. The van der Waals surface area contributed by atoms with E-state index in [1.165, 1.54) is 0 Å².